The van der Waals surface area contributed by atoms with Gasteiger partial charge in [0.05, 0.1) is 12.3 Å². The van der Waals surface area contributed by atoms with Crippen molar-refractivity contribution in [3.63, 3.8) is 0 Å². The van der Waals surface area contributed by atoms with Gasteiger partial charge in [-0.25, -0.2) is 23.1 Å². The molecule has 1 amide bonds. The van der Waals surface area contributed by atoms with Gasteiger partial charge in [0.25, 0.3) is 0 Å². The minimum Gasteiger partial charge on any atom is -0.393 e. The quantitative estimate of drug-likeness (QED) is 0.386. The third-order valence-corrected chi connectivity index (χ3v) is 7.63. The minimum atomic E-state index is -1.09. The SMILES string of the molecule is C[C@@H]1CC[C@@H](Nc2ncc3nc(Nc4c(F)cc(F)cc4F)n([C@H]4CC[C@@H](C(N)=O)CC4)c3n2)CC1O. The number of aliphatic hydroxyl groups is 1. The van der Waals surface area contributed by atoms with Crippen molar-refractivity contribution in [3.05, 3.63) is 35.8 Å². The van der Waals surface area contributed by atoms with Gasteiger partial charge >= 0.3 is 0 Å². The molecular formula is C25H30F3N7O2. The van der Waals surface area contributed by atoms with E-state index in [2.05, 4.69) is 25.6 Å². The van der Waals surface area contributed by atoms with Crippen LogP contribution < -0.4 is 16.4 Å². The van der Waals surface area contributed by atoms with Crippen LogP contribution in [0.5, 0.6) is 0 Å². The number of hydrogen-bond acceptors (Lipinski definition) is 7. The van der Waals surface area contributed by atoms with Crippen LogP contribution in [0.3, 0.4) is 0 Å². The first-order valence-electron chi connectivity index (χ1n) is 12.6. The topological polar surface area (TPSA) is 131 Å². The Balaban J connectivity index is 1.50. The van der Waals surface area contributed by atoms with Crippen LogP contribution in [0.25, 0.3) is 11.2 Å². The van der Waals surface area contributed by atoms with Gasteiger partial charge in [-0.05, 0) is 50.9 Å². The summed E-state index contributed by atoms with van der Waals surface area (Å²) in [5.41, 5.74) is 5.83. The number of nitrogens with zero attached hydrogens (tertiary/aromatic N) is 4. The van der Waals surface area contributed by atoms with Gasteiger partial charge in [0.15, 0.2) is 17.3 Å². The van der Waals surface area contributed by atoms with E-state index in [4.69, 9.17) is 5.73 Å². The number of carbonyl (C=O) groups excluding carboxylic acids is 1. The van der Waals surface area contributed by atoms with Gasteiger partial charge in [-0.3, -0.25) is 9.36 Å². The Morgan fingerprint density at radius 3 is 2.43 bits per heavy atom. The molecule has 1 unspecified atom stereocenters. The lowest BCUT2D eigenvalue weighted by atomic mass is 9.85. The molecule has 0 spiro atoms. The smallest absolute Gasteiger partial charge is 0.224 e. The van der Waals surface area contributed by atoms with E-state index in [0.29, 0.717) is 61.3 Å². The van der Waals surface area contributed by atoms with Crippen molar-refractivity contribution < 1.29 is 23.1 Å². The fourth-order valence-corrected chi connectivity index (χ4v) is 5.40. The van der Waals surface area contributed by atoms with Crippen LogP contribution >= 0.6 is 0 Å². The number of halogens is 3. The Bertz CT molecular complexity index is 1290. The molecule has 3 aromatic rings. The van der Waals surface area contributed by atoms with Crippen molar-refractivity contribution in [1.82, 2.24) is 19.5 Å². The Labute approximate surface area is 211 Å². The highest BCUT2D eigenvalue weighted by Gasteiger charge is 2.30. The molecule has 2 heterocycles. The molecule has 0 bridgehead atoms. The van der Waals surface area contributed by atoms with E-state index in [1.807, 2.05) is 6.92 Å². The van der Waals surface area contributed by atoms with Gasteiger partial charge in [0.2, 0.25) is 17.8 Å². The number of primary amides is 1. The monoisotopic (exact) mass is 517 g/mol. The number of amides is 1. The molecule has 2 aromatic heterocycles. The number of nitrogens with two attached hydrogens (primary N) is 1. The Hall–Kier alpha value is -3.41. The van der Waals surface area contributed by atoms with Crippen LogP contribution in [-0.2, 0) is 4.79 Å². The summed E-state index contributed by atoms with van der Waals surface area (Å²) in [5.74, 6) is -3.06. The molecule has 198 valence electrons. The third-order valence-electron chi connectivity index (χ3n) is 7.63. The number of anilines is 3. The lowest BCUT2D eigenvalue weighted by Crippen LogP contribution is -2.35. The standard InChI is InChI=1S/C25H30F3N7O2/c1-12-2-5-15(10-20(12)36)31-24-30-11-19-23(34-24)35(16-6-3-13(4-7-16)22(29)37)25(32-19)33-21-17(27)8-14(26)9-18(21)28/h8-9,11-13,15-16,20,36H,2-7,10H2,1H3,(H2,29,37)(H,32,33)(H,30,31,34)/t12-,13-,15-,16+,20?/m1/s1. The average Bonchev–Trinajstić information content (AvgIpc) is 3.21. The molecule has 12 heteroatoms. The van der Waals surface area contributed by atoms with E-state index in [1.54, 1.807) is 4.57 Å². The van der Waals surface area contributed by atoms with Gasteiger partial charge in [0, 0.05) is 30.1 Å². The predicted molar refractivity (Wildman–Crippen MR) is 132 cm³/mol. The van der Waals surface area contributed by atoms with Gasteiger partial charge in [0.1, 0.15) is 17.0 Å². The first-order chi connectivity index (χ1) is 17.7. The van der Waals surface area contributed by atoms with Crippen molar-refractivity contribution in [2.45, 2.75) is 70.1 Å². The number of aliphatic hydroxyl groups excluding tert-OH is 1. The number of fused-ring (bicyclic) bond motifs is 1. The lowest BCUT2D eigenvalue weighted by Gasteiger charge is -2.31. The zero-order valence-corrected chi connectivity index (χ0v) is 20.4. The van der Waals surface area contributed by atoms with E-state index >= 15 is 0 Å². The number of benzene rings is 1. The third kappa shape index (κ3) is 5.20. The fraction of sp³-hybridized carbons (Fsp3) is 0.520. The van der Waals surface area contributed by atoms with E-state index in [9.17, 15) is 23.1 Å². The van der Waals surface area contributed by atoms with Crippen LogP contribution in [0, 0.1) is 29.3 Å². The second-order valence-electron chi connectivity index (χ2n) is 10.2. The number of hydrogen-bond donors (Lipinski definition) is 4. The molecule has 5 N–H and O–H groups in total. The molecule has 1 aromatic carbocycles. The molecule has 3 atom stereocenters. The number of aromatic nitrogens is 4. The molecule has 2 saturated carbocycles. The van der Waals surface area contributed by atoms with Crippen LogP contribution in [0.4, 0.5) is 30.8 Å². The van der Waals surface area contributed by atoms with E-state index in [1.165, 1.54) is 6.20 Å². The van der Waals surface area contributed by atoms with Crippen LogP contribution in [0.1, 0.15) is 57.9 Å². The van der Waals surface area contributed by atoms with E-state index < -0.39 is 29.2 Å². The minimum absolute atomic E-state index is 0.00558. The molecule has 37 heavy (non-hydrogen) atoms. The first-order valence-corrected chi connectivity index (χ1v) is 12.6. The van der Waals surface area contributed by atoms with Crippen molar-refractivity contribution in [2.75, 3.05) is 10.6 Å². The zero-order valence-electron chi connectivity index (χ0n) is 20.4. The summed E-state index contributed by atoms with van der Waals surface area (Å²) in [6.07, 6.45) is 5.74. The number of carbonyl (C=O) groups is 1. The van der Waals surface area contributed by atoms with Crippen molar-refractivity contribution in [2.24, 2.45) is 17.6 Å². The van der Waals surface area contributed by atoms with E-state index in [0.717, 1.165) is 12.8 Å². The Morgan fingerprint density at radius 2 is 1.78 bits per heavy atom. The first kappa shape index (κ1) is 25.2. The summed E-state index contributed by atoms with van der Waals surface area (Å²) in [6, 6.07) is 1.02. The van der Waals surface area contributed by atoms with Gasteiger partial charge in [-0.1, -0.05) is 6.92 Å². The highest BCUT2D eigenvalue weighted by atomic mass is 19.1. The van der Waals surface area contributed by atoms with Crippen molar-refractivity contribution in [3.8, 4) is 0 Å². The average molecular weight is 518 g/mol. The molecule has 0 aliphatic heterocycles. The summed E-state index contributed by atoms with van der Waals surface area (Å²) < 4.78 is 44.1. The summed E-state index contributed by atoms with van der Waals surface area (Å²) in [7, 11) is 0. The molecule has 2 aliphatic rings. The fourth-order valence-electron chi connectivity index (χ4n) is 5.40. The van der Waals surface area contributed by atoms with Gasteiger partial charge < -0.3 is 21.5 Å². The van der Waals surface area contributed by atoms with Crippen molar-refractivity contribution >= 4 is 34.7 Å². The highest BCUT2D eigenvalue weighted by Crippen LogP contribution is 2.37. The molecule has 0 saturated heterocycles. The number of rotatable bonds is 6. The van der Waals surface area contributed by atoms with Gasteiger partial charge in [-0.2, -0.15) is 4.98 Å². The van der Waals surface area contributed by atoms with Crippen LogP contribution in [0.15, 0.2) is 18.3 Å². The molecule has 9 nitrogen and oxygen atoms in total. The molecule has 2 fully saturated rings. The normalized spacial score (nSPS) is 26.2. The number of imidazole rings is 1. The predicted octanol–water partition coefficient (Wildman–Crippen LogP) is 4.17. The highest BCUT2D eigenvalue weighted by molar-refractivity contribution is 5.78. The summed E-state index contributed by atoms with van der Waals surface area (Å²) in [4.78, 5) is 25.2. The van der Waals surface area contributed by atoms with Gasteiger partial charge in [-0.15, -0.1) is 0 Å². The van der Waals surface area contributed by atoms with Crippen LogP contribution in [0.2, 0.25) is 0 Å². The van der Waals surface area contributed by atoms with E-state index in [-0.39, 0.29) is 35.8 Å². The number of nitrogens with one attached hydrogen (secondary N) is 2. The maximum absolute atomic E-state index is 14.5. The lowest BCUT2D eigenvalue weighted by molar-refractivity contribution is -0.122. The molecule has 2 aliphatic carbocycles. The summed E-state index contributed by atoms with van der Waals surface area (Å²) in [6.45, 7) is 2.02. The summed E-state index contributed by atoms with van der Waals surface area (Å²) >= 11 is 0. The maximum Gasteiger partial charge on any atom is 0.224 e. The molecule has 5 rings (SSSR count). The summed E-state index contributed by atoms with van der Waals surface area (Å²) in [5, 5.41) is 16.2. The second kappa shape index (κ2) is 10.2. The largest absolute Gasteiger partial charge is 0.393 e. The van der Waals surface area contributed by atoms with Crippen molar-refractivity contribution in [1.29, 1.82) is 0 Å². The maximum atomic E-state index is 14.5. The Kier molecular flexibility index (Phi) is 6.93. The zero-order chi connectivity index (χ0) is 26.3. The second-order valence-corrected chi connectivity index (χ2v) is 10.2. The molecule has 0 radical (unpaired) electrons. The van der Waals surface area contributed by atoms with Crippen LogP contribution in [-0.4, -0.2) is 42.7 Å². The Morgan fingerprint density at radius 1 is 1.08 bits per heavy atom. The molecular weight excluding hydrogens is 487 g/mol.